The maximum Gasteiger partial charge on any atom is 0.225 e. The normalized spacial score (nSPS) is 21.1. The third kappa shape index (κ3) is 3.98. The van der Waals surface area contributed by atoms with E-state index in [1.54, 1.807) is 0 Å². The van der Waals surface area contributed by atoms with Crippen LogP contribution in [0.1, 0.15) is 25.3 Å². The van der Waals surface area contributed by atoms with Crippen molar-refractivity contribution in [3.8, 4) is 0 Å². The van der Waals surface area contributed by atoms with Gasteiger partial charge in [-0.05, 0) is 56.5 Å². The molecule has 0 spiro atoms. The number of aromatic nitrogens is 1. The van der Waals surface area contributed by atoms with Crippen molar-refractivity contribution in [1.82, 2.24) is 9.88 Å². The number of anilines is 2. The van der Waals surface area contributed by atoms with E-state index in [1.165, 1.54) is 16.9 Å². The van der Waals surface area contributed by atoms with Crippen LogP contribution in [-0.2, 0) is 4.79 Å². The van der Waals surface area contributed by atoms with E-state index >= 15 is 0 Å². The molecule has 2 aliphatic rings. The highest BCUT2D eigenvalue weighted by atomic mass is 16.2. The largest absolute Gasteiger partial charge is 0.371 e. The van der Waals surface area contributed by atoms with E-state index in [0.717, 1.165) is 45.6 Å². The monoisotopic (exact) mass is 378 g/mol. The van der Waals surface area contributed by atoms with Gasteiger partial charge in [0.25, 0.3) is 0 Å². The molecule has 1 aromatic carbocycles. The van der Waals surface area contributed by atoms with Crippen LogP contribution in [0.15, 0.2) is 48.8 Å². The lowest BCUT2D eigenvalue weighted by molar-refractivity contribution is -0.137. The first-order valence-electron chi connectivity index (χ1n) is 10.4. The number of benzene rings is 1. The molecule has 1 atom stereocenters. The van der Waals surface area contributed by atoms with Crippen molar-refractivity contribution >= 4 is 17.3 Å². The van der Waals surface area contributed by atoms with Gasteiger partial charge >= 0.3 is 0 Å². The molecule has 5 nitrogen and oxygen atoms in total. The summed E-state index contributed by atoms with van der Waals surface area (Å²) in [5, 5.41) is 0. The molecule has 1 amide bonds. The predicted octanol–water partition coefficient (Wildman–Crippen LogP) is 3.34. The number of hydrogen-bond donors (Lipinski definition) is 0. The van der Waals surface area contributed by atoms with Gasteiger partial charge < -0.3 is 14.7 Å². The summed E-state index contributed by atoms with van der Waals surface area (Å²) in [7, 11) is 0. The number of nitrogens with zero attached hydrogens (tertiary/aromatic N) is 4. The molecule has 0 N–H and O–H groups in total. The standard InChI is InChI=1S/C23H30N4O/c1-18-4-3-5-22(16-18)27-15-14-26(17-19(27)2)23(28)20-8-12-25(13-9-20)21-6-10-24-11-7-21/h3-7,10-11,16,19-20H,8-9,12-15,17H2,1-2H3/t19-/m0/s1. The molecule has 2 saturated heterocycles. The summed E-state index contributed by atoms with van der Waals surface area (Å²) in [6.07, 6.45) is 5.55. The SMILES string of the molecule is Cc1cccc(N2CCN(C(=O)C3CCN(c4ccncc4)CC3)C[C@@H]2C)c1. The molecule has 148 valence electrons. The molecular weight excluding hydrogens is 348 g/mol. The zero-order valence-corrected chi connectivity index (χ0v) is 16.9. The summed E-state index contributed by atoms with van der Waals surface area (Å²) in [6, 6.07) is 13.1. The number of piperazine rings is 1. The van der Waals surface area contributed by atoms with E-state index in [9.17, 15) is 4.79 Å². The molecule has 5 heteroatoms. The van der Waals surface area contributed by atoms with E-state index < -0.39 is 0 Å². The van der Waals surface area contributed by atoms with Crippen molar-refractivity contribution in [2.75, 3.05) is 42.5 Å². The van der Waals surface area contributed by atoms with E-state index in [2.05, 4.69) is 57.8 Å². The lowest BCUT2D eigenvalue weighted by atomic mass is 9.94. The van der Waals surface area contributed by atoms with Crippen LogP contribution in [0.2, 0.25) is 0 Å². The number of carbonyl (C=O) groups excluding carboxylic acids is 1. The smallest absolute Gasteiger partial charge is 0.225 e. The Labute approximate surface area is 168 Å². The van der Waals surface area contributed by atoms with E-state index in [-0.39, 0.29) is 5.92 Å². The van der Waals surface area contributed by atoms with E-state index in [1.807, 2.05) is 24.5 Å². The molecule has 28 heavy (non-hydrogen) atoms. The molecular formula is C23H30N4O. The van der Waals surface area contributed by atoms with Gasteiger partial charge in [-0.3, -0.25) is 9.78 Å². The number of rotatable bonds is 3. The Bertz CT molecular complexity index is 801. The fourth-order valence-electron chi connectivity index (χ4n) is 4.55. The maximum absolute atomic E-state index is 13.1. The molecule has 0 aliphatic carbocycles. The number of piperidine rings is 1. The van der Waals surface area contributed by atoms with Gasteiger partial charge in [0.05, 0.1) is 0 Å². The number of pyridine rings is 1. The molecule has 3 heterocycles. The van der Waals surface area contributed by atoms with Crippen molar-refractivity contribution in [2.24, 2.45) is 5.92 Å². The van der Waals surface area contributed by atoms with Crippen molar-refractivity contribution in [3.05, 3.63) is 54.4 Å². The van der Waals surface area contributed by atoms with Crippen LogP contribution in [0.3, 0.4) is 0 Å². The van der Waals surface area contributed by atoms with Crippen LogP contribution in [0.5, 0.6) is 0 Å². The number of hydrogen-bond acceptors (Lipinski definition) is 4. The van der Waals surface area contributed by atoms with Crippen LogP contribution in [0, 0.1) is 12.8 Å². The predicted molar refractivity (Wildman–Crippen MR) is 114 cm³/mol. The van der Waals surface area contributed by atoms with Crippen LogP contribution >= 0.6 is 0 Å². The van der Waals surface area contributed by atoms with Crippen LogP contribution in [0.25, 0.3) is 0 Å². The second-order valence-electron chi connectivity index (χ2n) is 8.13. The van der Waals surface area contributed by atoms with Crippen molar-refractivity contribution in [2.45, 2.75) is 32.7 Å². The second kappa shape index (κ2) is 8.21. The van der Waals surface area contributed by atoms with Crippen molar-refractivity contribution in [1.29, 1.82) is 0 Å². The van der Waals surface area contributed by atoms with Crippen molar-refractivity contribution in [3.63, 3.8) is 0 Å². The Morgan fingerprint density at radius 3 is 2.43 bits per heavy atom. The molecule has 0 saturated carbocycles. The maximum atomic E-state index is 13.1. The van der Waals surface area contributed by atoms with Gasteiger partial charge in [-0.15, -0.1) is 0 Å². The van der Waals surface area contributed by atoms with Gasteiger partial charge in [0.15, 0.2) is 0 Å². The first-order valence-corrected chi connectivity index (χ1v) is 10.4. The highest BCUT2D eigenvalue weighted by molar-refractivity contribution is 5.79. The lowest BCUT2D eigenvalue weighted by Gasteiger charge is -2.43. The number of carbonyl (C=O) groups is 1. The number of amides is 1. The average Bonchev–Trinajstić information content (AvgIpc) is 2.74. The molecule has 2 aromatic rings. The Hall–Kier alpha value is -2.56. The van der Waals surface area contributed by atoms with Crippen molar-refractivity contribution < 1.29 is 4.79 Å². The lowest BCUT2D eigenvalue weighted by Crippen LogP contribution is -2.55. The minimum atomic E-state index is 0.163. The van der Waals surface area contributed by atoms with Gasteiger partial charge in [0, 0.05) is 68.5 Å². The molecule has 2 aliphatic heterocycles. The fourth-order valence-corrected chi connectivity index (χ4v) is 4.55. The Balaban J connectivity index is 1.33. The minimum Gasteiger partial charge on any atom is -0.371 e. The Kier molecular flexibility index (Phi) is 5.51. The van der Waals surface area contributed by atoms with Gasteiger partial charge in [-0.1, -0.05) is 12.1 Å². The molecule has 0 unspecified atom stereocenters. The highest BCUT2D eigenvalue weighted by Crippen LogP contribution is 2.26. The first-order chi connectivity index (χ1) is 13.6. The zero-order chi connectivity index (χ0) is 19.5. The van der Waals surface area contributed by atoms with E-state index in [0.29, 0.717) is 11.9 Å². The Morgan fingerprint density at radius 2 is 1.75 bits per heavy atom. The van der Waals surface area contributed by atoms with Crippen LogP contribution in [-0.4, -0.2) is 54.6 Å². The quantitative estimate of drug-likeness (QED) is 0.821. The summed E-state index contributed by atoms with van der Waals surface area (Å²) in [4.78, 5) is 24.1. The van der Waals surface area contributed by atoms with Crippen LogP contribution in [0.4, 0.5) is 11.4 Å². The topological polar surface area (TPSA) is 39.7 Å². The first kappa shape index (κ1) is 18.8. The minimum absolute atomic E-state index is 0.163. The summed E-state index contributed by atoms with van der Waals surface area (Å²) in [5.41, 5.74) is 3.76. The summed E-state index contributed by atoms with van der Waals surface area (Å²) >= 11 is 0. The van der Waals surface area contributed by atoms with Gasteiger partial charge in [-0.2, -0.15) is 0 Å². The number of aryl methyl sites for hydroxylation is 1. The third-order valence-electron chi connectivity index (χ3n) is 6.14. The highest BCUT2D eigenvalue weighted by Gasteiger charge is 2.32. The van der Waals surface area contributed by atoms with Gasteiger partial charge in [0.1, 0.15) is 0 Å². The molecule has 0 radical (unpaired) electrons. The summed E-state index contributed by atoms with van der Waals surface area (Å²) in [6.45, 7) is 8.80. The van der Waals surface area contributed by atoms with Gasteiger partial charge in [-0.25, -0.2) is 0 Å². The molecule has 0 bridgehead atoms. The zero-order valence-electron chi connectivity index (χ0n) is 16.9. The second-order valence-corrected chi connectivity index (χ2v) is 8.13. The van der Waals surface area contributed by atoms with Gasteiger partial charge in [0.2, 0.25) is 5.91 Å². The molecule has 1 aromatic heterocycles. The Morgan fingerprint density at radius 1 is 1.00 bits per heavy atom. The molecule has 4 rings (SSSR count). The summed E-state index contributed by atoms with van der Waals surface area (Å²) < 4.78 is 0. The average molecular weight is 379 g/mol. The van der Waals surface area contributed by atoms with Crippen LogP contribution < -0.4 is 9.80 Å². The molecule has 2 fully saturated rings. The third-order valence-corrected chi connectivity index (χ3v) is 6.14. The van der Waals surface area contributed by atoms with E-state index in [4.69, 9.17) is 0 Å². The fraction of sp³-hybridized carbons (Fsp3) is 0.478. The summed E-state index contributed by atoms with van der Waals surface area (Å²) in [5.74, 6) is 0.515.